The summed E-state index contributed by atoms with van der Waals surface area (Å²) in [6, 6.07) is 1.80. The van der Waals surface area contributed by atoms with E-state index in [1.54, 1.807) is 18.5 Å². The molecule has 2 aromatic rings. The van der Waals surface area contributed by atoms with Crippen LogP contribution in [0.4, 0.5) is 0 Å². The van der Waals surface area contributed by atoms with Crippen LogP contribution in [-0.4, -0.2) is 26.3 Å². The molecular formula is C9H9N3O3. The van der Waals surface area contributed by atoms with Gasteiger partial charge in [-0.3, -0.25) is 4.79 Å². The second-order valence-corrected chi connectivity index (χ2v) is 2.99. The number of carboxylic acids is 1. The predicted octanol–water partition coefficient (Wildman–Crippen LogP) is 1.08. The summed E-state index contributed by atoms with van der Waals surface area (Å²) in [4.78, 5) is 13.2. The first-order chi connectivity index (χ1) is 7.25. The summed E-state index contributed by atoms with van der Waals surface area (Å²) < 4.78 is 5.27. The molecule has 2 N–H and O–H groups in total. The largest absolute Gasteiger partial charge is 0.481 e. The molecule has 6 nitrogen and oxygen atoms in total. The molecule has 0 amide bonds. The third kappa shape index (κ3) is 2.22. The number of aryl methyl sites for hydroxylation is 1. The van der Waals surface area contributed by atoms with Crippen molar-refractivity contribution < 1.29 is 14.3 Å². The molecule has 0 bridgehead atoms. The number of hydrogen-bond donors (Lipinski definition) is 2. The van der Waals surface area contributed by atoms with E-state index < -0.39 is 5.97 Å². The second-order valence-electron chi connectivity index (χ2n) is 2.99. The van der Waals surface area contributed by atoms with Crippen LogP contribution in [0.5, 0.6) is 0 Å². The SMILES string of the molecule is O=C(O)CCc1nnc(-c2cc[nH]c2)o1. The summed E-state index contributed by atoms with van der Waals surface area (Å²) in [6.07, 6.45) is 3.73. The van der Waals surface area contributed by atoms with E-state index in [4.69, 9.17) is 9.52 Å². The monoisotopic (exact) mass is 207 g/mol. The molecule has 78 valence electrons. The Kier molecular flexibility index (Phi) is 2.49. The molecule has 0 aliphatic heterocycles. The zero-order valence-electron chi connectivity index (χ0n) is 7.80. The van der Waals surface area contributed by atoms with E-state index in [2.05, 4.69) is 15.2 Å². The molecule has 0 spiro atoms. The van der Waals surface area contributed by atoms with Crippen molar-refractivity contribution in [2.75, 3.05) is 0 Å². The zero-order chi connectivity index (χ0) is 10.7. The topological polar surface area (TPSA) is 92.0 Å². The van der Waals surface area contributed by atoms with Gasteiger partial charge in [0.15, 0.2) is 0 Å². The van der Waals surface area contributed by atoms with Crippen LogP contribution in [0, 0.1) is 0 Å². The lowest BCUT2D eigenvalue weighted by Gasteiger charge is -1.89. The Hall–Kier alpha value is -2.11. The number of H-pyrrole nitrogens is 1. The lowest BCUT2D eigenvalue weighted by Crippen LogP contribution is -1.97. The van der Waals surface area contributed by atoms with E-state index >= 15 is 0 Å². The fraction of sp³-hybridized carbons (Fsp3) is 0.222. The minimum absolute atomic E-state index is 0.00519. The van der Waals surface area contributed by atoms with Crippen molar-refractivity contribution in [3.8, 4) is 11.5 Å². The first-order valence-corrected chi connectivity index (χ1v) is 4.43. The van der Waals surface area contributed by atoms with Crippen molar-refractivity contribution in [1.82, 2.24) is 15.2 Å². The fourth-order valence-electron chi connectivity index (χ4n) is 1.14. The number of aromatic amines is 1. The molecule has 0 aliphatic rings. The molecular weight excluding hydrogens is 198 g/mol. The number of rotatable bonds is 4. The Bertz CT molecular complexity index is 447. The minimum atomic E-state index is -0.878. The number of nitrogens with zero attached hydrogens (tertiary/aromatic N) is 2. The van der Waals surface area contributed by atoms with Gasteiger partial charge in [0.25, 0.3) is 0 Å². The molecule has 2 aromatic heterocycles. The predicted molar refractivity (Wildman–Crippen MR) is 50.0 cm³/mol. The third-order valence-corrected chi connectivity index (χ3v) is 1.86. The molecule has 0 saturated heterocycles. The molecule has 0 fully saturated rings. The molecule has 0 aliphatic carbocycles. The van der Waals surface area contributed by atoms with Crippen LogP contribution in [0.1, 0.15) is 12.3 Å². The summed E-state index contributed by atoms with van der Waals surface area (Å²) in [5.41, 5.74) is 0.795. The maximum absolute atomic E-state index is 10.3. The number of nitrogens with one attached hydrogen (secondary N) is 1. The zero-order valence-corrected chi connectivity index (χ0v) is 7.80. The van der Waals surface area contributed by atoms with E-state index in [1.165, 1.54) is 0 Å². The molecule has 2 rings (SSSR count). The van der Waals surface area contributed by atoms with Gasteiger partial charge in [0.05, 0.1) is 12.0 Å². The van der Waals surface area contributed by atoms with E-state index in [9.17, 15) is 4.79 Å². The van der Waals surface area contributed by atoms with Gasteiger partial charge in [0.2, 0.25) is 11.8 Å². The average molecular weight is 207 g/mol. The van der Waals surface area contributed by atoms with Gasteiger partial charge in [-0.2, -0.15) is 0 Å². The number of carboxylic acid groups (broad SMARTS) is 1. The van der Waals surface area contributed by atoms with E-state index in [1.807, 2.05) is 0 Å². The molecule has 0 aromatic carbocycles. The standard InChI is InChI=1S/C9H9N3O3/c13-8(14)2-1-7-11-12-9(15-7)6-3-4-10-5-6/h3-5,10H,1-2H2,(H,13,14). The van der Waals surface area contributed by atoms with Crippen molar-refractivity contribution in [2.45, 2.75) is 12.8 Å². The van der Waals surface area contributed by atoms with Crippen molar-refractivity contribution in [2.24, 2.45) is 0 Å². The Morgan fingerprint density at radius 2 is 2.40 bits per heavy atom. The quantitative estimate of drug-likeness (QED) is 0.782. The van der Waals surface area contributed by atoms with Crippen molar-refractivity contribution >= 4 is 5.97 Å². The van der Waals surface area contributed by atoms with Gasteiger partial charge in [-0.05, 0) is 6.07 Å². The first kappa shape index (κ1) is 9.45. The number of aromatic nitrogens is 3. The maximum atomic E-state index is 10.3. The Balaban J connectivity index is 2.08. The summed E-state index contributed by atoms with van der Waals surface area (Å²) in [5, 5.41) is 16.0. The fourth-order valence-corrected chi connectivity index (χ4v) is 1.14. The number of hydrogen-bond acceptors (Lipinski definition) is 4. The highest BCUT2D eigenvalue weighted by atomic mass is 16.4. The summed E-state index contributed by atoms with van der Waals surface area (Å²) in [6.45, 7) is 0. The molecule has 0 radical (unpaired) electrons. The van der Waals surface area contributed by atoms with Crippen LogP contribution in [0.15, 0.2) is 22.9 Å². The average Bonchev–Trinajstić information content (AvgIpc) is 2.85. The normalized spacial score (nSPS) is 10.4. The third-order valence-electron chi connectivity index (χ3n) is 1.86. The van der Waals surface area contributed by atoms with Gasteiger partial charge in [-0.25, -0.2) is 0 Å². The Labute approximate surface area is 85.0 Å². The first-order valence-electron chi connectivity index (χ1n) is 4.43. The lowest BCUT2D eigenvalue weighted by atomic mass is 10.3. The van der Waals surface area contributed by atoms with Gasteiger partial charge < -0.3 is 14.5 Å². The second kappa shape index (κ2) is 3.95. The molecule has 15 heavy (non-hydrogen) atoms. The van der Waals surface area contributed by atoms with Crippen LogP contribution >= 0.6 is 0 Å². The lowest BCUT2D eigenvalue weighted by molar-refractivity contribution is -0.137. The van der Waals surface area contributed by atoms with Crippen LogP contribution < -0.4 is 0 Å². The van der Waals surface area contributed by atoms with E-state index in [0.29, 0.717) is 11.8 Å². The molecule has 0 atom stereocenters. The smallest absolute Gasteiger partial charge is 0.303 e. The maximum Gasteiger partial charge on any atom is 0.303 e. The van der Waals surface area contributed by atoms with Crippen molar-refractivity contribution in [3.05, 3.63) is 24.4 Å². The molecule has 0 saturated carbocycles. The van der Waals surface area contributed by atoms with Gasteiger partial charge >= 0.3 is 5.97 Å². The number of aliphatic carboxylic acids is 1. The van der Waals surface area contributed by atoms with Crippen LogP contribution in [0.25, 0.3) is 11.5 Å². The van der Waals surface area contributed by atoms with E-state index in [0.717, 1.165) is 5.56 Å². The minimum Gasteiger partial charge on any atom is -0.481 e. The summed E-state index contributed by atoms with van der Waals surface area (Å²) in [5.74, 6) is -0.137. The molecule has 0 unspecified atom stereocenters. The summed E-state index contributed by atoms with van der Waals surface area (Å²) >= 11 is 0. The van der Waals surface area contributed by atoms with E-state index in [-0.39, 0.29) is 12.8 Å². The number of carbonyl (C=O) groups is 1. The summed E-state index contributed by atoms with van der Waals surface area (Å²) in [7, 11) is 0. The Morgan fingerprint density at radius 3 is 3.07 bits per heavy atom. The Morgan fingerprint density at radius 1 is 1.53 bits per heavy atom. The molecule has 6 heteroatoms. The van der Waals surface area contributed by atoms with Crippen LogP contribution in [-0.2, 0) is 11.2 Å². The van der Waals surface area contributed by atoms with Crippen LogP contribution in [0.3, 0.4) is 0 Å². The van der Waals surface area contributed by atoms with Gasteiger partial charge in [0, 0.05) is 18.8 Å². The highest BCUT2D eigenvalue weighted by Gasteiger charge is 2.09. The van der Waals surface area contributed by atoms with Gasteiger partial charge in [0.1, 0.15) is 0 Å². The highest BCUT2D eigenvalue weighted by Crippen LogP contribution is 2.16. The highest BCUT2D eigenvalue weighted by molar-refractivity contribution is 5.66. The van der Waals surface area contributed by atoms with Crippen molar-refractivity contribution in [1.29, 1.82) is 0 Å². The van der Waals surface area contributed by atoms with Gasteiger partial charge in [-0.1, -0.05) is 0 Å². The van der Waals surface area contributed by atoms with Gasteiger partial charge in [-0.15, -0.1) is 10.2 Å². The van der Waals surface area contributed by atoms with Crippen molar-refractivity contribution in [3.63, 3.8) is 0 Å². The molecule has 2 heterocycles. The van der Waals surface area contributed by atoms with Crippen LogP contribution in [0.2, 0.25) is 0 Å².